The van der Waals surface area contributed by atoms with E-state index in [0.717, 1.165) is 6.42 Å². The summed E-state index contributed by atoms with van der Waals surface area (Å²) in [5.74, 6) is -0.407. The van der Waals surface area contributed by atoms with Crippen LogP contribution in [0.15, 0.2) is 46.9 Å². The number of carbonyl (C=O) groups excluding carboxylic acids is 1. The molecule has 0 unspecified atom stereocenters. The summed E-state index contributed by atoms with van der Waals surface area (Å²) in [6.45, 7) is 2.62. The highest BCUT2D eigenvalue weighted by atomic mass is 79.9. The highest BCUT2D eigenvalue weighted by Crippen LogP contribution is 2.22. The second-order valence-corrected chi connectivity index (χ2v) is 5.28. The summed E-state index contributed by atoms with van der Waals surface area (Å²) in [6, 6.07) is 11.4. The molecule has 0 saturated carbocycles. The quantitative estimate of drug-likeness (QED) is 0.852. The lowest BCUT2D eigenvalue weighted by Crippen LogP contribution is -2.14. The van der Waals surface area contributed by atoms with Crippen LogP contribution in [0, 0.1) is 5.82 Å². The number of benzene rings is 2. The SMILES string of the molecule is CCCOc1cccc(NC(=O)c2c(F)cccc2Br)c1. The number of amides is 1. The minimum absolute atomic E-state index is 0.0163. The van der Waals surface area contributed by atoms with Crippen LogP contribution in [0.2, 0.25) is 0 Å². The molecule has 1 N–H and O–H groups in total. The molecule has 21 heavy (non-hydrogen) atoms. The molecule has 1 amide bonds. The molecule has 0 heterocycles. The Morgan fingerprint density at radius 2 is 2.05 bits per heavy atom. The number of rotatable bonds is 5. The van der Waals surface area contributed by atoms with Gasteiger partial charge in [0.25, 0.3) is 5.91 Å². The van der Waals surface area contributed by atoms with E-state index in [9.17, 15) is 9.18 Å². The molecule has 0 aliphatic carbocycles. The second kappa shape index (κ2) is 7.22. The molecule has 0 spiro atoms. The van der Waals surface area contributed by atoms with Crippen molar-refractivity contribution in [2.24, 2.45) is 0 Å². The van der Waals surface area contributed by atoms with Crippen molar-refractivity contribution in [1.29, 1.82) is 0 Å². The molecule has 0 atom stereocenters. The predicted octanol–water partition coefficient (Wildman–Crippen LogP) is 4.63. The van der Waals surface area contributed by atoms with Gasteiger partial charge in [-0.05, 0) is 46.6 Å². The lowest BCUT2D eigenvalue weighted by Gasteiger charge is -2.10. The number of ether oxygens (including phenoxy) is 1. The first-order valence-electron chi connectivity index (χ1n) is 6.60. The van der Waals surface area contributed by atoms with E-state index in [4.69, 9.17) is 4.74 Å². The first-order valence-corrected chi connectivity index (χ1v) is 7.39. The summed E-state index contributed by atoms with van der Waals surface area (Å²) in [7, 11) is 0. The summed E-state index contributed by atoms with van der Waals surface area (Å²) in [5.41, 5.74) is 0.543. The maximum atomic E-state index is 13.7. The highest BCUT2D eigenvalue weighted by molar-refractivity contribution is 9.10. The van der Waals surface area contributed by atoms with Crippen molar-refractivity contribution >= 4 is 27.5 Å². The van der Waals surface area contributed by atoms with Gasteiger partial charge in [-0.2, -0.15) is 0 Å². The molecule has 2 aromatic carbocycles. The van der Waals surface area contributed by atoms with E-state index in [-0.39, 0.29) is 5.56 Å². The summed E-state index contributed by atoms with van der Waals surface area (Å²) in [6.07, 6.45) is 0.902. The molecule has 0 fully saturated rings. The number of hydrogen-bond donors (Lipinski definition) is 1. The van der Waals surface area contributed by atoms with Gasteiger partial charge >= 0.3 is 0 Å². The van der Waals surface area contributed by atoms with Gasteiger partial charge in [-0.1, -0.05) is 19.1 Å². The van der Waals surface area contributed by atoms with Gasteiger partial charge < -0.3 is 10.1 Å². The molecule has 3 nitrogen and oxygen atoms in total. The minimum Gasteiger partial charge on any atom is -0.494 e. The third kappa shape index (κ3) is 4.04. The largest absolute Gasteiger partial charge is 0.494 e. The topological polar surface area (TPSA) is 38.3 Å². The molecule has 0 aliphatic rings. The van der Waals surface area contributed by atoms with Crippen molar-refractivity contribution in [3.05, 3.63) is 58.3 Å². The van der Waals surface area contributed by atoms with Crippen LogP contribution in [0.25, 0.3) is 0 Å². The Morgan fingerprint density at radius 3 is 2.76 bits per heavy atom. The molecule has 2 aromatic rings. The Kier molecular flexibility index (Phi) is 5.33. The third-order valence-corrected chi connectivity index (χ3v) is 3.42. The Hall–Kier alpha value is -1.88. The molecular formula is C16H15BrFNO2. The summed E-state index contributed by atoms with van der Waals surface area (Å²) in [4.78, 5) is 12.2. The van der Waals surface area contributed by atoms with Crippen LogP contribution in [-0.4, -0.2) is 12.5 Å². The Balaban J connectivity index is 2.16. The van der Waals surface area contributed by atoms with Crippen LogP contribution in [-0.2, 0) is 0 Å². The first-order chi connectivity index (χ1) is 10.1. The monoisotopic (exact) mass is 351 g/mol. The van der Waals surface area contributed by atoms with Gasteiger partial charge in [0.2, 0.25) is 0 Å². The van der Waals surface area contributed by atoms with Crippen LogP contribution >= 0.6 is 15.9 Å². The summed E-state index contributed by atoms with van der Waals surface area (Å²) in [5, 5.41) is 2.67. The van der Waals surface area contributed by atoms with Gasteiger partial charge in [-0.15, -0.1) is 0 Å². The number of halogens is 2. The van der Waals surface area contributed by atoms with E-state index < -0.39 is 11.7 Å². The Morgan fingerprint density at radius 1 is 1.29 bits per heavy atom. The fraction of sp³-hybridized carbons (Fsp3) is 0.188. The smallest absolute Gasteiger partial charge is 0.259 e. The lowest BCUT2D eigenvalue weighted by atomic mass is 10.2. The van der Waals surface area contributed by atoms with E-state index in [1.165, 1.54) is 12.1 Å². The van der Waals surface area contributed by atoms with Crippen molar-refractivity contribution in [2.75, 3.05) is 11.9 Å². The zero-order valence-corrected chi connectivity index (χ0v) is 13.1. The van der Waals surface area contributed by atoms with E-state index in [1.807, 2.05) is 13.0 Å². The fourth-order valence-corrected chi connectivity index (χ4v) is 2.31. The van der Waals surface area contributed by atoms with Crippen molar-refractivity contribution in [2.45, 2.75) is 13.3 Å². The van der Waals surface area contributed by atoms with Crippen molar-refractivity contribution < 1.29 is 13.9 Å². The van der Waals surface area contributed by atoms with Crippen LogP contribution in [0.1, 0.15) is 23.7 Å². The number of nitrogens with one attached hydrogen (secondary N) is 1. The maximum Gasteiger partial charge on any atom is 0.259 e. The van der Waals surface area contributed by atoms with Gasteiger partial charge in [0.05, 0.1) is 12.2 Å². The molecule has 110 valence electrons. The summed E-state index contributed by atoms with van der Waals surface area (Å²) < 4.78 is 19.6. The molecule has 0 saturated heterocycles. The average molecular weight is 352 g/mol. The van der Waals surface area contributed by atoms with Gasteiger partial charge in [0, 0.05) is 16.2 Å². The highest BCUT2D eigenvalue weighted by Gasteiger charge is 2.15. The zero-order chi connectivity index (χ0) is 15.2. The van der Waals surface area contributed by atoms with E-state index in [2.05, 4.69) is 21.2 Å². The third-order valence-electron chi connectivity index (χ3n) is 2.75. The molecule has 0 bridgehead atoms. The number of anilines is 1. The standard InChI is InChI=1S/C16H15BrFNO2/c1-2-9-21-12-6-3-5-11(10-12)19-16(20)15-13(17)7-4-8-14(15)18/h3-8,10H,2,9H2,1H3,(H,19,20). The number of carbonyl (C=O) groups is 1. The average Bonchev–Trinajstić information content (AvgIpc) is 2.45. The van der Waals surface area contributed by atoms with Gasteiger partial charge in [-0.3, -0.25) is 4.79 Å². The van der Waals surface area contributed by atoms with Gasteiger partial charge in [0.15, 0.2) is 0 Å². The summed E-state index contributed by atoms with van der Waals surface area (Å²) >= 11 is 3.18. The van der Waals surface area contributed by atoms with Gasteiger partial charge in [-0.25, -0.2) is 4.39 Å². The van der Waals surface area contributed by atoms with Crippen molar-refractivity contribution in [3.8, 4) is 5.75 Å². The van der Waals surface area contributed by atoms with E-state index in [1.54, 1.807) is 24.3 Å². The fourth-order valence-electron chi connectivity index (χ4n) is 1.79. The van der Waals surface area contributed by atoms with Gasteiger partial charge in [0.1, 0.15) is 11.6 Å². The minimum atomic E-state index is -0.569. The molecule has 0 radical (unpaired) electrons. The van der Waals surface area contributed by atoms with Crippen LogP contribution in [0.4, 0.5) is 10.1 Å². The number of hydrogen-bond acceptors (Lipinski definition) is 2. The Bertz CT molecular complexity index is 626. The molecule has 0 aliphatic heterocycles. The van der Waals surface area contributed by atoms with Crippen LogP contribution < -0.4 is 10.1 Å². The molecular weight excluding hydrogens is 337 g/mol. The van der Waals surface area contributed by atoms with Crippen LogP contribution in [0.5, 0.6) is 5.75 Å². The molecule has 5 heteroatoms. The van der Waals surface area contributed by atoms with Crippen molar-refractivity contribution in [3.63, 3.8) is 0 Å². The zero-order valence-electron chi connectivity index (χ0n) is 11.5. The maximum absolute atomic E-state index is 13.7. The van der Waals surface area contributed by atoms with Crippen LogP contribution in [0.3, 0.4) is 0 Å². The van der Waals surface area contributed by atoms with Crippen molar-refractivity contribution in [1.82, 2.24) is 0 Å². The first kappa shape index (κ1) is 15.5. The lowest BCUT2D eigenvalue weighted by molar-refractivity contribution is 0.102. The predicted molar refractivity (Wildman–Crippen MR) is 84.3 cm³/mol. The van der Waals surface area contributed by atoms with E-state index in [0.29, 0.717) is 22.5 Å². The Labute approximate surface area is 131 Å². The molecule has 0 aromatic heterocycles. The van der Waals surface area contributed by atoms with E-state index >= 15 is 0 Å². The second-order valence-electron chi connectivity index (χ2n) is 4.43. The molecule has 2 rings (SSSR count). The normalized spacial score (nSPS) is 10.2.